The topological polar surface area (TPSA) is 55.4 Å². The number of anilines is 1. The number of fused-ring (bicyclic) bond motifs is 1. The van der Waals surface area contributed by atoms with Crippen LogP contribution in [0.2, 0.25) is 5.02 Å². The molecule has 0 aliphatic rings. The van der Waals surface area contributed by atoms with Crippen molar-refractivity contribution in [3.05, 3.63) is 63.7 Å². The van der Waals surface area contributed by atoms with E-state index in [9.17, 15) is 22.8 Å². The van der Waals surface area contributed by atoms with Crippen LogP contribution in [0.3, 0.4) is 0 Å². The second kappa shape index (κ2) is 7.35. The van der Waals surface area contributed by atoms with E-state index < -0.39 is 35.9 Å². The molecule has 0 spiro atoms. The van der Waals surface area contributed by atoms with Crippen LogP contribution in [0.1, 0.15) is 9.67 Å². The molecular formula is C17H9ClF3NO3S. The number of rotatable bonds is 4. The molecule has 1 aromatic heterocycles. The predicted molar refractivity (Wildman–Crippen MR) is 92.1 cm³/mol. The number of carbonyl (C=O) groups excluding carboxylic acids is 2. The number of nitrogens with one attached hydrogen (secondary N) is 1. The van der Waals surface area contributed by atoms with E-state index in [1.165, 1.54) is 18.2 Å². The Kier molecular flexibility index (Phi) is 5.15. The smallest absolute Gasteiger partial charge is 0.350 e. The second-order valence-electron chi connectivity index (χ2n) is 5.14. The van der Waals surface area contributed by atoms with Crippen LogP contribution in [-0.2, 0) is 9.53 Å². The van der Waals surface area contributed by atoms with Crippen LogP contribution >= 0.6 is 22.9 Å². The van der Waals surface area contributed by atoms with Gasteiger partial charge in [0, 0.05) is 21.8 Å². The Morgan fingerprint density at radius 3 is 2.58 bits per heavy atom. The highest BCUT2D eigenvalue weighted by molar-refractivity contribution is 7.21. The fourth-order valence-corrected chi connectivity index (χ4v) is 3.56. The van der Waals surface area contributed by atoms with Gasteiger partial charge in [-0.25, -0.2) is 18.0 Å². The van der Waals surface area contributed by atoms with Gasteiger partial charge in [-0.05, 0) is 30.3 Å². The molecule has 9 heteroatoms. The van der Waals surface area contributed by atoms with Crippen LogP contribution in [0.5, 0.6) is 0 Å². The molecule has 0 aliphatic heterocycles. The zero-order chi connectivity index (χ0) is 18.8. The summed E-state index contributed by atoms with van der Waals surface area (Å²) in [5.74, 6) is -4.24. The summed E-state index contributed by atoms with van der Waals surface area (Å²) in [5.41, 5.74) is 0.0142. The lowest BCUT2D eigenvalue weighted by Crippen LogP contribution is -2.20. The van der Waals surface area contributed by atoms with Crippen molar-refractivity contribution in [1.82, 2.24) is 0 Å². The fraction of sp³-hybridized carbons (Fsp3) is 0.0588. The summed E-state index contributed by atoms with van der Waals surface area (Å²) in [7, 11) is 0. The van der Waals surface area contributed by atoms with Crippen molar-refractivity contribution in [1.29, 1.82) is 0 Å². The van der Waals surface area contributed by atoms with Gasteiger partial charge in [0.2, 0.25) is 0 Å². The Bertz CT molecular complexity index is 1020. The second-order valence-corrected chi connectivity index (χ2v) is 6.57. The first-order valence-corrected chi connectivity index (χ1v) is 8.34. The van der Waals surface area contributed by atoms with Gasteiger partial charge in [0.25, 0.3) is 5.91 Å². The number of halogens is 4. The van der Waals surface area contributed by atoms with E-state index in [-0.39, 0.29) is 15.6 Å². The number of esters is 1. The molecular weight excluding hydrogens is 391 g/mol. The molecule has 0 saturated heterocycles. The van der Waals surface area contributed by atoms with Crippen molar-refractivity contribution in [2.45, 2.75) is 0 Å². The monoisotopic (exact) mass is 399 g/mol. The van der Waals surface area contributed by atoms with Gasteiger partial charge in [0.15, 0.2) is 18.2 Å². The molecule has 0 radical (unpaired) electrons. The van der Waals surface area contributed by atoms with Crippen LogP contribution < -0.4 is 5.32 Å². The molecule has 1 heterocycles. The van der Waals surface area contributed by atoms with Crippen molar-refractivity contribution < 1.29 is 27.5 Å². The van der Waals surface area contributed by atoms with E-state index in [1.54, 1.807) is 0 Å². The lowest BCUT2D eigenvalue weighted by atomic mass is 10.2. The maximum absolute atomic E-state index is 13.2. The fourth-order valence-electron chi connectivity index (χ4n) is 2.14. The first-order valence-electron chi connectivity index (χ1n) is 7.14. The molecule has 1 amide bonds. The number of benzene rings is 2. The van der Waals surface area contributed by atoms with Gasteiger partial charge in [0.1, 0.15) is 10.7 Å². The summed E-state index contributed by atoms with van der Waals surface area (Å²) in [4.78, 5) is 23.9. The molecule has 0 bridgehead atoms. The van der Waals surface area contributed by atoms with Gasteiger partial charge in [0.05, 0.1) is 5.02 Å². The zero-order valence-corrected chi connectivity index (χ0v) is 14.4. The Labute approximate surface area is 154 Å². The summed E-state index contributed by atoms with van der Waals surface area (Å²) >= 11 is 7.03. The van der Waals surface area contributed by atoms with E-state index in [1.807, 2.05) is 0 Å². The van der Waals surface area contributed by atoms with E-state index in [4.69, 9.17) is 16.3 Å². The highest BCUT2D eigenvalue weighted by Crippen LogP contribution is 2.36. The maximum Gasteiger partial charge on any atom is 0.350 e. The van der Waals surface area contributed by atoms with Gasteiger partial charge in [-0.1, -0.05) is 11.6 Å². The summed E-state index contributed by atoms with van der Waals surface area (Å²) < 4.78 is 44.5. The van der Waals surface area contributed by atoms with Gasteiger partial charge in [-0.3, -0.25) is 4.79 Å². The number of hydrogen-bond acceptors (Lipinski definition) is 4. The average Bonchev–Trinajstić information content (AvgIpc) is 2.92. The minimum Gasteiger partial charge on any atom is -0.451 e. The third-order valence-electron chi connectivity index (χ3n) is 3.31. The molecule has 0 aliphatic carbocycles. The van der Waals surface area contributed by atoms with Crippen molar-refractivity contribution in [3.8, 4) is 0 Å². The minimum atomic E-state index is -1.12. The van der Waals surface area contributed by atoms with Crippen LogP contribution in [0, 0.1) is 17.5 Å². The predicted octanol–water partition coefficient (Wildman–Crippen LogP) is 4.77. The molecule has 0 saturated carbocycles. The maximum atomic E-state index is 13.2. The number of thiophene rings is 1. The van der Waals surface area contributed by atoms with Crippen molar-refractivity contribution in [3.63, 3.8) is 0 Å². The molecule has 134 valence electrons. The summed E-state index contributed by atoms with van der Waals surface area (Å²) in [5, 5.41) is 2.87. The quantitative estimate of drug-likeness (QED) is 0.643. The van der Waals surface area contributed by atoms with Crippen LogP contribution in [0.25, 0.3) is 10.1 Å². The molecule has 4 nitrogen and oxygen atoms in total. The van der Waals surface area contributed by atoms with E-state index in [2.05, 4.69) is 5.32 Å². The lowest BCUT2D eigenvalue weighted by molar-refractivity contribution is -0.119. The largest absolute Gasteiger partial charge is 0.451 e. The molecule has 3 rings (SSSR count). The lowest BCUT2D eigenvalue weighted by Gasteiger charge is -2.06. The van der Waals surface area contributed by atoms with Crippen LogP contribution in [0.15, 0.2) is 36.4 Å². The summed E-state index contributed by atoms with van der Waals surface area (Å²) in [6.07, 6.45) is 0. The highest BCUT2D eigenvalue weighted by atomic mass is 35.5. The molecule has 1 N–H and O–H groups in total. The van der Waals surface area contributed by atoms with E-state index in [0.29, 0.717) is 10.1 Å². The normalized spacial score (nSPS) is 10.8. The Hall–Kier alpha value is -2.58. The van der Waals surface area contributed by atoms with Crippen molar-refractivity contribution in [2.75, 3.05) is 11.9 Å². The number of carbonyl (C=O) groups is 2. The van der Waals surface area contributed by atoms with Gasteiger partial charge in [-0.2, -0.15) is 0 Å². The standard InChI is InChI=1S/C17H9ClF3NO3S/c18-15-10-3-1-8(19)5-13(10)26-16(15)17(24)25-7-14(23)22-9-2-4-11(20)12(21)6-9/h1-6H,7H2,(H,22,23). The number of amides is 1. The molecule has 2 aromatic carbocycles. The first-order chi connectivity index (χ1) is 12.3. The Balaban J connectivity index is 1.65. The highest BCUT2D eigenvalue weighted by Gasteiger charge is 2.20. The first kappa shape index (κ1) is 18.2. The average molecular weight is 400 g/mol. The van der Waals surface area contributed by atoms with Crippen LogP contribution in [-0.4, -0.2) is 18.5 Å². The number of ether oxygens (including phenoxy) is 1. The third-order valence-corrected chi connectivity index (χ3v) is 4.95. The molecule has 0 fully saturated rings. The van der Waals surface area contributed by atoms with Gasteiger partial charge < -0.3 is 10.1 Å². The third kappa shape index (κ3) is 3.81. The van der Waals surface area contributed by atoms with Crippen molar-refractivity contribution >= 4 is 50.6 Å². The zero-order valence-electron chi connectivity index (χ0n) is 12.8. The Morgan fingerprint density at radius 2 is 1.85 bits per heavy atom. The SMILES string of the molecule is O=C(COC(=O)c1sc2cc(F)ccc2c1Cl)Nc1ccc(F)c(F)c1. The molecule has 26 heavy (non-hydrogen) atoms. The van der Waals surface area contributed by atoms with Gasteiger partial charge in [-0.15, -0.1) is 11.3 Å². The summed E-state index contributed by atoms with van der Waals surface area (Å²) in [6.45, 7) is -0.656. The number of hydrogen-bond donors (Lipinski definition) is 1. The van der Waals surface area contributed by atoms with Crippen molar-refractivity contribution in [2.24, 2.45) is 0 Å². The summed E-state index contributed by atoms with van der Waals surface area (Å²) in [6, 6.07) is 6.70. The van der Waals surface area contributed by atoms with Gasteiger partial charge >= 0.3 is 5.97 Å². The van der Waals surface area contributed by atoms with Crippen LogP contribution in [0.4, 0.5) is 18.9 Å². The van der Waals surface area contributed by atoms with E-state index >= 15 is 0 Å². The molecule has 0 unspecified atom stereocenters. The Morgan fingerprint density at radius 1 is 1.08 bits per heavy atom. The van der Waals surface area contributed by atoms with E-state index in [0.717, 1.165) is 29.5 Å². The molecule has 0 atom stereocenters. The molecule has 3 aromatic rings. The minimum absolute atomic E-state index is 0.0142.